The van der Waals surface area contributed by atoms with Gasteiger partial charge in [-0.2, -0.15) is 0 Å². The van der Waals surface area contributed by atoms with Gasteiger partial charge >= 0.3 is 0 Å². The second kappa shape index (κ2) is 8.38. The first-order valence-corrected chi connectivity index (χ1v) is 8.64. The van der Waals surface area contributed by atoms with Gasteiger partial charge in [0.15, 0.2) is 0 Å². The lowest BCUT2D eigenvalue weighted by molar-refractivity contribution is 0.0449. The highest BCUT2D eigenvalue weighted by Gasteiger charge is 2.39. The average Bonchev–Trinajstić information content (AvgIpc) is 2.56. The predicted molar refractivity (Wildman–Crippen MR) is 90.5 cm³/mol. The summed E-state index contributed by atoms with van der Waals surface area (Å²) in [6.45, 7) is 3.77. The molecule has 1 aromatic carbocycles. The maximum atomic E-state index is 10.9. The molecule has 1 N–H and O–H groups in total. The molecule has 0 saturated heterocycles. The second-order valence-corrected chi connectivity index (χ2v) is 6.53. The van der Waals surface area contributed by atoms with Crippen LogP contribution in [0.5, 0.6) is 0 Å². The molecule has 0 bridgehead atoms. The van der Waals surface area contributed by atoms with Crippen LogP contribution in [-0.4, -0.2) is 11.2 Å². The predicted octanol–water partition coefficient (Wildman–Crippen LogP) is 5.39. The van der Waals surface area contributed by atoms with Gasteiger partial charge in [-0.25, -0.2) is 0 Å². The number of hydrogen-bond acceptors (Lipinski definition) is 1. The van der Waals surface area contributed by atoms with Crippen LogP contribution in [0.15, 0.2) is 43.0 Å². The zero-order valence-corrected chi connectivity index (χ0v) is 13.3. The van der Waals surface area contributed by atoms with Gasteiger partial charge in [-0.15, -0.1) is 6.58 Å². The fourth-order valence-electron chi connectivity index (χ4n) is 3.85. The molecule has 116 valence electrons. The minimum absolute atomic E-state index is 0.0119. The fourth-order valence-corrected chi connectivity index (χ4v) is 3.85. The molecule has 1 aromatic rings. The van der Waals surface area contributed by atoms with Crippen LogP contribution in [0.1, 0.15) is 69.8 Å². The van der Waals surface area contributed by atoms with Crippen molar-refractivity contribution in [2.24, 2.45) is 0 Å². The smallest absolute Gasteiger partial charge is 0.0636 e. The molecular weight excluding hydrogens is 256 g/mol. The zero-order chi connectivity index (χ0) is 15.0. The van der Waals surface area contributed by atoms with Crippen molar-refractivity contribution >= 4 is 0 Å². The minimum atomic E-state index is -0.191. The van der Waals surface area contributed by atoms with E-state index in [-0.39, 0.29) is 11.5 Å². The third-order valence-corrected chi connectivity index (χ3v) is 5.12. The lowest BCUT2D eigenvalue weighted by atomic mass is 9.65. The van der Waals surface area contributed by atoms with Gasteiger partial charge in [-0.1, -0.05) is 68.5 Å². The molecule has 1 fully saturated rings. The van der Waals surface area contributed by atoms with Gasteiger partial charge in [0, 0.05) is 5.41 Å². The first-order chi connectivity index (χ1) is 10.3. The molecule has 1 heteroatoms. The van der Waals surface area contributed by atoms with Crippen LogP contribution in [-0.2, 0) is 5.41 Å². The van der Waals surface area contributed by atoms with Gasteiger partial charge in [-0.05, 0) is 37.7 Å². The third kappa shape index (κ3) is 4.20. The summed E-state index contributed by atoms with van der Waals surface area (Å²) in [5.74, 6) is 0. The van der Waals surface area contributed by atoms with E-state index in [1.54, 1.807) is 0 Å². The first-order valence-electron chi connectivity index (χ1n) is 8.64. The van der Waals surface area contributed by atoms with E-state index in [1.165, 1.54) is 37.7 Å². The quantitative estimate of drug-likeness (QED) is 0.502. The summed E-state index contributed by atoms with van der Waals surface area (Å²) in [7, 11) is 0. The fraction of sp³-hybridized carbons (Fsp3) is 0.600. The Bertz CT molecular complexity index is 403. The van der Waals surface area contributed by atoms with Crippen LogP contribution in [0.3, 0.4) is 0 Å². The summed E-state index contributed by atoms with van der Waals surface area (Å²) in [4.78, 5) is 0. The molecule has 1 nitrogen and oxygen atoms in total. The van der Waals surface area contributed by atoms with Crippen molar-refractivity contribution in [2.45, 2.75) is 75.7 Å². The van der Waals surface area contributed by atoms with Crippen molar-refractivity contribution in [3.63, 3.8) is 0 Å². The summed E-state index contributed by atoms with van der Waals surface area (Å²) in [5.41, 5.74) is 1.36. The molecule has 1 aliphatic rings. The van der Waals surface area contributed by atoms with Gasteiger partial charge in [0.1, 0.15) is 0 Å². The number of benzene rings is 1. The Kier molecular flexibility index (Phi) is 6.50. The zero-order valence-electron chi connectivity index (χ0n) is 13.3. The molecule has 2 rings (SSSR count). The van der Waals surface area contributed by atoms with Crippen molar-refractivity contribution < 1.29 is 5.11 Å². The van der Waals surface area contributed by atoms with Gasteiger partial charge < -0.3 is 5.11 Å². The highest BCUT2D eigenvalue weighted by molar-refractivity contribution is 5.27. The molecule has 0 spiro atoms. The number of aliphatic hydroxyl groups is 1. The lowest BCUT2D eigenvalue weighted by Gasteiger charge is -2.42. The van der Waals surface area contributed by atoms with Crippen LogP contribution in [0.25, 0.3) is 0 Å². The molecular formula is C20H30O. The largest absolute Gasteiger partial charge is 0.392 e. The highest BCUT2D eigenvalue weighted by Crippen LogP contribution is 2.43. The van der Waals surface area contributed by atoms with Crippen molar-refractivity contribution in [1.29, 1.82) is 0 Å². The summed E-state index contributed by atoms with van der Waals surface area (Å²) in [6, 6.07) is 10.7. The molecule has 1 saturated carbocycles. The monoisotopic (exact) mass is 286 g/mol. The number of unbranched alkanes of at least 4 members (excludes halogenated alkanes) is 3. The third-order valence-electron chi connectivity index (χ3n) is 5.12. The Labute approximate surface area is 130 Å². The van der Waals surface area contributed by atoms with E-state index in [0.29, 0.717) is 0 Å². The Morgan fingerprint density at radius 2 is 1.76 bits per heavy atom. The van der Waals surface area contributed by atoms with Gasteiger partial charge in [0.25, 0.3) is 0 Å². The maximum absolute atomic E-state index is 10.9. The van der Waals surface area contributed by atoms with E-state index in [0.717, 1.165) is 32.1 Å². The van der Waals surface area contributed by atoms with Crippen molar-refractivity contribution in [3.05, 3.63) is 48.6 Å². The molecule has 1 atom stereocenters. The molecule has 0 aliphatic heterocycles. The van der Waals surface area contributed by atoms with E-state index < -0.39 is 0 Å². The topological polar surface area (TPSA) is 20.2 Å². The summed E-state index contributed by atoms with van der Waals surface area (Å²) in [5, 5.41) is 10.9. The first kappa shape index (κ1) is 16.3. The number of allylic oxidation sites excluding steroid dienone is 1. The van der Waals surface area contributed by atoms with Crippen molar-refractivity contribution in [3.8, 4) is 0 Å². The summed E-state index contributed by atoms with van der Waals surface area (Å²) < 4.78 is 0. The number of aliphatic hydroxyl groups excluding tert-OH is 1. The van der Waals surface area contributed by atoms with Gasteiger partial charge in [0.2, 0.25) is 0 Å². The lowest BCUT2D eigenvalue weighted by Crippen LogP contribution is -2.41. The Morgan fingerprint density at radius 3 is 2.43 bits per heavy atom. The molecule has 1 unspecified atom stereocenters. The Morgan fingerprint density at radius 1 is 1.05 bits per heavy atom. The van der Waals surface area contributed by atoms with Crippen LogP contribution in [0.2, 0.25) is 0 Å². The van der Waals surface area contributed by atoms with E-state index in [9.17, 15) is 5.11 Å². The summed E-state index contributed by atoms with van der Waals surface area (Å²) in [6.07, 6.45) is 13.5. The van der Waals surface area contributed by atoms with Gasteiger partial charge in [0.05, 0.1) is 6.10 Å². The van der Waals surface area contributed by atoms with Crippen LogP contribution in [0, 0.1) is 0 Å². The number of hydrogen-bond donors (Lipinski definition) is 1. The van der Waals surface area contributed by atoms with Crippen LogP contribution in [0.4, 0.5) is 0 Å². The second-order valence-electron chi connectivity index (χ2n) is 6.53. The van der Waals surface area contributed by atoms with Crippen molar-refractivity contribution in [1.82, 2.24) is 0 Å². The van der Waals surface area contributed by atoms with E-state index in [4.69, 9.17) is 0 Å². The minimum Gasteiger partial charge on any atom is -0.392 e. The van der Waals surface area contributed by atoms with Crippen LogP contribution < -0.4 is 0 Å². The highest BCUT2D eigenvalue weighted by atomic mass is 16.3. The molecule has 0 heterocycles. The van der Waals surface area contributed by atoms with Gasteiger partial charge in [-0.3, -0.25) is 0 Å². The van der Waals surface area contributed by atoms with E-state index in [2.05, 4.69) is 36.9 Å². The van der Waals surface area contributed by atoms with Crippen molar-refractivity contribution in [2.75, 3.05) is 0 Å². The summed E-state index contributed by atoms with van der Waals surface area (Å²) >= 11 is 0. The van der Waals surface area contributed by atoms with E-state index in [1.807, 2.05) is 6.08 Å². The number of rotatable bonds is 8. The SMILES string of the molecule is C=CCCCCCC(O)C1(c2ccccc2)CCCCC1. The molecule has 0 aromatic heterocycles. The standard InChI is InChI=1S/C20H30O/c1-2-3-4-5-10-15-19(21)20(16-11-7-12-17-20)18-13-8-6-9-14-18/h2,6,8-9,13-14,19,21H,1,3-5,7,10-12,15-17H2. The molecule has 1 aliphatic carbocycles. The molecule has 21 heavy (non-hydrogen) atoms. The Hall–Kier alpha value is -1.08. The molecule has 0 amide bonds. The van der Waals surface area contributed by atoms with E-state index >= 15 is 0 Å². The molecule has 0 radical (unpaired) electrons. The Balaban J connectivity index is 2.00. The maximum Gasteiger partial charge on any atom is 0.0636 e. The van der Waals surface area contributed by atoms with Crippen LogP contribution >= 0.6 is 0 Å². The normalized spacial score (nSPS) is 19.1. The average molecular weight is 286 g/mol.